The van der Waals surface area contributed by atoms with Gasteiger partial charge < -0.3 is 28.4 Å². The van der Waals surface area contributed by atoms with Gasteiger partial charge in [-0.05, 0) is 117 Å². The summed E-state index contributed by atoms with van der Waals surface area (Å²) in [5, 5.41) is 0.166. The van der Waals surface area contributed by atoms with Crippen LogP contribution in [0.4, 0.5) is 0 Å². The minimum Gasteiger partial charge on any atom is -0.493 e. The van der Waals surface area contributed by atoms with E-state index in [1.54, 1.807) is 50.3 Å². The number of hydrogen-bond acceptors (Lipinski definition) is 10. The lowest BCUT2D eigenvalue weighted by Crippen LogP contribution is -2.41. The van der Waals surface area contributed by atoms with Gasteiger partial charge in [-0.15, -0.1) is 0 Å². The molecule has 1 heterocycles. The third-order valence-electron chi connectivity index (χ3n) is 9.14. The second-order valence-corrected chi connectivity index (χ2v) is 14.6. The summed E-state index contributed by atoms with van der Waals surface area (Å²) in [5.74, 6) is 0.909. The normalized spacial score (nSPS) is 18.7. The van der Waals surface area contributed by atoms with E-state index in [9.17, 15) is 14.4 Å². The van der Waals surface area contributed by atoms with Crippen LogP contribution in [0, 0.1) is 5.92 Å². The van der Waals surface area contributed by atoms with Crippen molar-refractivity contribution in [1.29, 1.82) is 0 Å². The minimum atomic E-state index is -1.24. The Morgan fingerprint density at radius 1 is 0.774 bits per heavy atom. The molecule has 4 aromatic rings. The van der Waals surface area contributed by atoms with E-state index in [4.69, 9.17) is 28.4 Å². The van der Waals surface area contributed by atoms with Gasteiger partial charge in [-0.1, -0.05) is 60.3 Å². The van der Waals surface area contributed by atoms with Crippen molar-refractivity contribution >= 4 is 34.9 Å². The molecule has 0 radical (unpaired) electrons. The number of carbonyl (C=O) groups excluding carboxylic acids is 3. The Labute approximate surface area is 314 Å². The summed E-state index contributed by atoms with van der Waals surface area (Å²) in [4.78, 5) is 39.0. The highest BCUT2D eigenvalue weighted by Crippen LogP contribution is 2.33. The Kier molecular flexibility index (Phi) is 12.5. The molecule has 0 bridgehead atoms. The SMILES string of the molecule is COc1cc(C=CC(=O)OC2CCC(Oc3ccc(-c4ccc(SC(=O)C5CCOC5)cc4)cc3)CC2)ccc1OC(=O)C(C)(C)Oc1ccccc1. The summed E-state index contributed by atoms with van der Waals surface area (Å²) in [7, 11) is 1.48. The Bertz CT molecular complexity index is 1870. The largest absolute Gasteiger partial charge is 0.493 e. The number of ether oxygens (including phenoxy) is 6. The van der Waals surface area contributed by atoms with Crippen molar-refractivity contribution in [2.24, 2.45) is 5.92 Å². The topological polar surface area (TPSA) is 107 Å². The molecule has 1 saturated carbocycles. The van der Waals surface area contributed by atoms with Crippen LogP contribution in [0.15, 0.2) is 108 Å². The van der Waals surface area contributed by atoms with Crippen molar-refractivity contribution in [1.82, 2.24) is 0 Å². The number of rotatable bonds is 13. The number of para-hydroxylation sites is 1. The molecule has 53 heavy (non-hydrogen) atoms. The van der Waals surface area contributed by atoms with E-state index in [-0.39, 0.29) is 29.0 Å². The van der Waals surface area contributed by atoms with Crippen molar-refractivity contribution < 1.29 is 42.8 Å². The highest BCUT2D eigenvalue weighted by molar-refractivity contribution is 8.13. The van der Waals surface area contributed by atoms with Gasteiger partial charge in [0.15, 0.2) is 16.6 Å². The van der Waals surface area contributed by atoms with Crippen LogP contribution in [0.5, 0.6) is 23.0 Å². The Hall–Kier alpha value is -5.06. The molecule has 0 N–H and O–H groups in total. The molecule has 1 saturated heterocycles. The molecule has 4 aromatic carbocycles. The van der Waals surface area contributed by atoms with E-state index in [1.807, 2.05) is 66.7 Å². The molecule has 1 unspecified atom stereocenters. The van der Waals surface area contributed by atoms with Crippen LogP contribution in [0.2, 0.25) is 0 Å². The van der Waals surface area contributed by atoms with E-state index in [0.717, 1.165) is 41.0 Å². The van der Waals surface area contributed by atoms with Gasteiger partial charge in [-0.25, -0.2) is 9.59 Å². The van der Waals surface area contributed by atoms with Gasteiger partial charge in [0.25, 0.3) is 0 Å². The van der Waals surface area contributed by atoms with Crippen molar-refractivity contribution in [3.63, 3.8) is 0 Å². The summed E-state index contributed by atoms with van der Waals surface area (Å²) < 4.78 is 34.3. The highest BCUT2D eigenvalue weighted by Gasteiger charge is 2.33. The maximum atomic E-state index is 12.9. The summed E-state index contributed by atoms with van der Waals surface area (Å²) in [5.41, 5.74) is 1.58. The smallest absolute Gasteiger partial charge is 0.355 e. The van der Waals surface area contributed by atoms with Crippen LogP contribution >= 0.6 is 11.8 Å². The van der Waals surface area contributed by atoms with Crippen LogP contribution in [-0.2, 0) is 23.9 Å². The standard InChI is InChI=1S/C43H44O9S/c1-43(2,52-36-7-5-4-6-8-36)42(46)51-38-23-9-29(27-39(38)47-3)10-24-40(44)50-35-19-17-34(18-20-35)49-33-15-11-30(12-16-33)31-13-21-37(22-14-31)53-41(45)32-25-26-48-28-32/h4-16,21-24,27,32,34-35H,17-20,25-26,28H2,1-3H3. The average molecular weight is 737 g/mol. The fourth-order valence-corrected chi connectivity index (χ4v) is 6.97. The Morgan fingerprint density at radius 2 is 1.45 bits per heavy atom. The first-order chi connectivity index (χ1) is 25.6. The van der Waals surface area contributed by atoms with Crippen molar-refractivity contribution in [2.75, 3.05) is 20.3 Å². The van der Waals surface area contributed by atoms with Crippen molar-refractivity contribution in [3.8, 4) is 34.1 Å². The second kappa shape index (κ2) is 17.6. The molecule has 9 nitrogen and oxygen atoms in total. The molecule has 2 fully saturated rings. The summed E-state index contributed by atoms with van der Waals surface area (Å²) in [6, 6.07) is 30.1. The number of benzene rings is 4. The van der Waals surface area contributed by atoms with Crippen LogP contribution in [-0.4, -0.2) is 55.2 Å². The summed E-state index contributed by atoms with van der Waals surface area (Å²) in [6.45, 7) is 4.46. The van der Waals surface area contributed by atoms with E-state index in [0.29, 0.717) is 43.1 Å². The molecule has 0 spiro atoms. The van der Waals surface area contributed by atoms with Gasteiger partial charge in [-0.3, -0.25) is 4.79 Å². The monoisotopic (exact) mass is 736 g/mol. The van der Waals surface area contributed by atoms with Gasteiger partial charge in [-0.2, -0.15) is 0 Å². The Morgan fingerprint density at radius 3 is 2.11 bits per heavy atom. The second-order valence-electron chi connectivity index (χ2n) is 13.5. The zero-order valence-electron chi connectivity index (χ0n) is 30.2. The van der Waals surface area contributed by atoms with Gasteiger partial charge in [0.05, 0.1) is 25.7 Å². The molecular weight excluding hydrogens is 693 g/mol. The van der Waals surface area contributed by atoms with E-state index in [2.05, 4.69) is 0 Å². The van der Waals surface area contributed by atoms with Crippen LogP contribution < -0.4 is 18.9 Å². The van der Waals surface area contributed by atoms with Crippen molar-refractivity contribution in [2.45, 2.75) is 68.7 Å². The molecule has 6 rings (SSSR count). The van der Waals surface area contributed by atoms with E-state index < -0.39 is 17.5 Å². The first kappa shape index (κ1) is 37.7. The third-order valence-corrected chi connectivity index (χ3v) is 10.2. The third kappa shape index (κ3) is 10.5. The summed E-state index contributed by atoms with van der Waals surface area (Å²) >= 11 is 1.29. The maximum Gasteiger partial charge on any atom is 0.355 e. The average Bonchev–Trinajstić information content (AvgIpc) is 3.72. The fraction of sp³-hybridized carbons (Fsp3) is 0.326. The highest BCUT2D eigenvalue weighted by atomic mass is 32.2. The van der Waals surface area contributed by atoms with Crippen LogP contribution in [0.1, 0.15) is 51.5 Å². The molecular formula is C43H44O9S. The Balaban J connectivity index is 0.931. The molecule has 1 aliphatic heterocycles. The van der Waals surface area contributed by atoms with Gasteiger partial charge in [0.1, 0.15) is 17.6 Å². The fourth-order valence-electron chi connectivity index (χ4n) is 6.11. The van der Waals surface area contributed by atoms with Gasteiger partial charge in [0.2, 0.25) is 5.60 Å². The lowest BCUT2D eigenvalue weighted by molar-refractivity contribution is -0.149. The molecule has 276 valence electrons. The first-order valence-corrected chi connectivity index (χ1v) is 18.7. The van der Waals surface area contributed by atoms with E-state index >= 15 is 0 Å². The zero-order chi connectivity index (χ0) is 37.2. The predicted octanol–water partition coefficient (Wildman–Crippen LogP) is 8.73. The lowest BCUT2D eigenvalue weighted by atomic mass is 9.95. The minimum absolute atomic E-state index is 0.0103. The van der Waals surface area contributed by atoms with Crippen molar-refractivity contribution in [3.05, 3.63) is 109 Å². The summed E-state index contributed by atoms with van der Waals surface area (Å²) in [6.07, 6.45) is 6.66. The van der Waals surface area contributed by atoms with Crippen LogP contribution in [0.25, 0.3) is 17.2 Å². The quantitative estimate of drug-likeness (QED) is 0.0573. The van der Waals surface area contributed by atoms with Gasteiger partial charge >= 0.3 is 11.9 Å². The number of carbonyl (C=O) groups is 3. The molecule has 0 aromatic heterocycles. The molecule has 10 heteroatoms. The molecule has 1 aliphatic carbocycles. The van der Waals surface area contributed by atoms with Gasteiger partial charge in [0, 0.05) is 17.6 Å². The van der Waals surface area contributed by atoms with Crippen LogP contribution in [0.3, 0.4) is 0 Å². The molecule has 2 aliphatic rings. The van der Waals surface area contributed by atoms with E-state index in [1.165, 1.54) is 24.9 Å². The maximum absolute atomic E-state index is 12.9. The predicted molar refractivity (Wildman–Crippen MR) is 203 cm³/mol. The molecule has 0 amide bonds. The number of esters is 2. The number of methoxy groups -OCH3 is 1. The lowest BCUT2D eigenvalue weighted by Gasteiger charge is -2.28. The number of thioether (sulfide) groups is 1. The zero-order valence-corrected chi connectivity index (χ0v) is 31.0. The first-order valence-electron chi connectivity index (χ1n) is 17.8. The number of hydrogen-bond donors (Lipinski definition) is 0. The molecule has 1 atom stereocenters.